The Balaban J connectivity index is 1.70. The molecular formula is C30H36O9. The summed E-state index contributed by atoms with van der Waals surface area (Å²) in [7, 11) is 1.47. The van der Waals surface area contributed by atoms with E-state index in [9.17, 15) is 19.2 Å². The van der Waals surface area contributed by atoms with Crippen LogP contribution < -0.4 is 0 Å². The van der Waals surface area contributed by atoms with Crippen LogP contribution in [0.15, 0.2) is 60.7 Å². The predicted octanol–water partition coefficient (Wildman–Crippen LogP) is 4.04. The first-order chi connectivity index (χ1) is 18.6. The van der Waals surface area contributed by atoms with Crippen molar-refractivity contribution in [3.8, 4) is 0 Å². The second-order valence-electron chi connectivity index (χ2n) is 10.4. The molecule has 1 heterocycles. The quantitative estimate of drug-likeness (QED) is 0.224. The molecule has 1 saturated heterocycles. The number of benzene rings is 2. The highest BCUT2D eigenvalue weighted by Gasteiger charge is 2.46. The number of esters is 3. The van der Waals surface area contributed by atoms with Gasteiger partial charge in [-0.2, -0.15) is 0 Å². The number of hydrogen-bond donors (Lipinski definition) is 0. The lowest BCUT2D eigenvalue weighted by Gasteiger charge is -2.24. The van der Waals surface area contributed by atoms with Gasteiger partial charge in [-0.25, -0.2) is 9.59 Å². The van der Waals surface area contributed by atoms with Gasteiger partial charge >= 0.3 is 17.9 Å². The molecule has 9 heteroatoms. The van der Waals surface area contributed by atoms with E-state index in [0.717, 1.165) is 6.29 Å². The fraction of sp³-hybridized carbons (Fsp3) is 0.467. The maximum Gasteiger partial charge on any atom is 0.338 e. The second-order valence-corrected chi connectivity index (χ2v) is 10.4. The lowest BCUT2D eigenvalue weighted by atomic mass is 9.93. The van der Waals surface area contributed by atoms with Crippen LogP contribution in [-0.2, 0) is 33.3 Å². The molecule has 2 aromatic carbocycles. The second kappa shape index (κ2) is 14.0. The van der Waals surface area contributed by atoms with Gasteiger partial charge in [-0.05, 0) is 45.0 Å². The molecule has 1 aliphatic heterocycles. The first-order valence-electron chi connectivity index (χ1n) is 12.9. The van der Waals surface area contributed by atoms with Gasteiger partial charge in [0.2, 0.25) is 0 Å². The summed E-state index contributed by atoms with van der Waals surface area (Å²) < 4.78 is 28.3. The van der Waals surface area contributed by atoms with Gasteiger partial charge in [0.25, 0.3) is 0 Å². The highest BCUT2D eigenvalue weighted by Crippen LogP contribution is 2.33. The third kappa shape index (κ3) is 8.46. The van der Waals surface area contributed by atoms with Crippen molar-refractivity contribution in [3.63, 3.8) is 0 Å². The van der Waals surface area contributed by atoms with Crippen LogP contribution in [0.2, 0.25) is 0 Å². The highest BCUT2D eigenvalue weighted by atomic mass is 16.6. The lowest BCUT2D eigenvalue weighted by molar-refractivity contribution is -0.153. The molecule has 0 radical (unpaired) electrons. The van der Waals surface area contributed by atoms with Crippen molar-refractivity contribution < 1.29 is 42.9 Å². The van der Waals surface area contributed by atoms with E-state index in [1.165, 1.54) is 7.11 Å². The SMILES string of the molecule is CO[C@@H]1[C@H](C=O)[C@H](CCOC(=O)C(C)(C)C)O[C@@H]1C[C@@H](COC(=O)c1ccccc1)OC(=O)c1ccccc1. The molecular weight excluding hydrogens is 504 g/mol. The fourth-order valence-corrected chi connectivity index (χ4v) is 4.29. The Morgan fingerprint density at radius 1 is 0.897 bits per heavy atom. The molecule has 5 atom stereocenters. The standard InChI is InChI=1S/C30H36O9/c1-30(2,3)29(34)36-16-15-24-23(18-31)26(35-4)25(39-24)17-22(38-28(33)21-13-9-6-10-14-21)19-37-27(32)20-11-7-5-8-12-20/h5-14,18,22-26H,15-17,19H2,1-4H3/t22-,23+,24-,25+,26+/m0/s1. The van der Waals surface area contributed by atoms with Gasteiger partial charge in [-0.15, -0.1) is 0 Å². The lowest BCUT2D eigenvalue weighted by Crippen LogP contribution is -2.36. The third-order valence-corrected chi connectivity index (χ3v) is 6.39. The van der Waals surface area contributed by atoms with Crippen LogP contribution in [-0.4, -0.2) is 68.9 Å². The van der Waals surface area contributed by atoms with E-state index in [1.807, 2.05) is 0 Å². The molecule has 0 aliphatic carbocycles. The molecule has 2 aromatic rings. The minimum absolute atomic E-state index is 0.0787. The number of carbonyl (C=O) groups is 4. The summed E-state index contributed by atoms with van der Waals surface area (Å²) in [5, 5.41) is 0. The molecule has 39 heavy (non-hydrogen) atoms. The van der Waals surface area contributed by atoms with Gasteiger partial charge in [0.1, 0.15) is 19.0 Å². The smallest absolute Gasteiger partial charge is 0.338 e. The number of aldehydes is 1. The van der Waals surface area contributed by atoms with Crippen LogP contribution in [0.1, 0.15) is 54.3 Å². The number of methoxy groups -OCH3 is 1. The van der Waals surface area contributed by atoms with Crippen molar-refractivity contribution in [2.45, 2.75) is 58.0 Å². The Hall–Kier alpha value is -3.56. The molecule has 0 N–H and O–H groups in total. The molecule has 3 rings (SSSR count). The van der Waals surface area contributed by atoms with Crippen LogP contribution in [0.5, 0.6) is 0 Å². The number of hydrogen-bond acceptors (Lipinski definition) is 9. The highest BCUT2D eigenvalue weighted by molar-refractivity contribution is 5.90. The van der Waals surface area contributed by atoms with Crippen LogP contribution in [0.4, 0.5) is 0 Å². The van der Waals surface area contributed by atoms with E-state index < -0.39 is 47.7 Å². The van der Waals surface area contributed by atoms with Gasteiger partial charge < -0.3 is 28.5 Å². The van der Waals surface area contributed by atoms with Crippen molar-refractivity contribution in [2.24, 2.45) is 11.3 Å². The van der Waals surface area contributed by atoms with E-state index in [-0.39, 0.29) is 25.6 Å². The van der Waals surface area contributed by atoms with Crippen molar-refractivity contribution in [1.82, 2.24) is 0 Å². The van der Waals surface area contributed by atoms with Gasteiger partial charge in [0.05, 0.1) is 47.4 Å². The number of rotatable bonds is 12. The van der Waals surface area contributed by atoms with Crippen molar-refractivity contribution in [1.29, 1.82) is 0 Å². The summed E-state index contributed by atoms with van der Waals surface area (Å²) in [5.74, 6) is -2.11. The van der Waals surface area contributed by atoms with E-state index >= 15 is 0 Å². The average molecular weight is 541 g/mol. The average Bonchev–Trinajstić information content (AvgIpc) is 3.27. The van der Waals surface area contributed by atoms with Gasteiger partial charge in [0.15, 0.2) is 0 Å². The van der Waals surface area contributed by atoms with Crippen LogP contribution in [0.25, 0.3) is 0 Å². The summed E-state index contributed by atoms with van der Waals surface area (Å²) in [6.45, 7) is 5.13. The minimum atomic E-state index is -0.877. The summed E-state index contributed by atoms with van der Waals surface area (Å²) in [6, 6.07) is 16.9. The largest absolute Gasteiger partial charge is 0.465 e. The molecule has 0 unspecified atom stereocenters. The summed E-state index contributed by atoms with van der Waals surface area (Å²) in [6.07, 6.45) is -1.54. The molecule has 1 fully saturated rings. The molecule has 0 aromatic heterocycles. The molecule has 9 nitrogen and oxygen atoms in total. The Kier molecular flexibility index (Phi) is 10.8. The molecule has 0 saturated carbocycles. The van der Waals surface area contributed by atoms with Gasteiger partial charge in [0, 0.05) is 20.0 Å². The summed E-state index contributed by atoms with van der Waals surface area (Å²) >= 11 is 0. The minimum Gasteiger partial charge on any atom is -0.465 e. The number of ether oxygens (including phenoxy) is 5. The Morgan fingerprint density at radius 2 is 1.49 bits per heavy atom. The zero-order chi connectivity index (χ0) is 28.4. The topological polar surface area (TPSA) is 114 Å². The normalized spacial score (nSPS) is 21.5. The Bertz CT molecular complexity index is 1090. The van der Waals surface area contributed by atoms with Crippen LogP contribution >= 0.6 is 0 Å². The van der Waals surface area contributed by atoms with Crippen LogP contribution in [0.3, 0.4) is 0 Å². The van der Waals surface area contributed by atoms with Crippen LogP contribution in [0, 0.1) is 11.3 Å². The van der Waals surface area contributed by atoms with E-state index in [4.69, 9.17) is 23.7 Å². The van der Waals surface area contributed by atoms with Gasteiger partial charge in [-0.1, -0.05) is 36.4 Å². The van der Waals surface area contributed by atoms with Crippen molar-refractivity contribution >= 4 is 24.2 Å². The zero-order valence-electron chi connectivity index (χ0n) is 22.7. The monoisotopic (exact) mass is 540 g/mol. The van der Waals surface area contributed by atoms with E-state index in [0.29, 0.717) is 17.5 Å². The molecule has 0 bridgehead atoms. The molecule has 0 amide bonds. The predicted molar refractivity (Wildman–Crippen MR) is 141 cm³/mol. The van der Waals surface area contributed by atoms with E-state index in [1.54, 1.807) is 81.4 Å². The Morgan fingerprint density at radius 3 is 2.03 bits per heavy atom. The third-order valence-electron chi connectivity index (χ3n) is 6.39. The van der Waals surface area contributed by atoms with E-state index in [2.05, 4.69) is 0 Å². The fourth-order valence-electron chi connectivity index (χ4n) is 4.29. The van der Waals surface area contributed by atoms with Gasteiger partial charge in [-0.3, -0.25) is 4.79 Å². The maximum atomic E-state index is 12.8. The summed E-state index contributed by atoms with van der Waals surface area (Å²) in [4.78, 5) is 49.5. The number of carbonyl (C=O) groups excluding carboxylic acids is 4. The van der Waals surface area contributed by atoms with Crippen molar-refractivity contribution in [2.75, 3.05) is 20.3 Å². The summed E-state index contributed by atoms with van der Waals surface area (Å²) in [5.41, 5.74) is 0.0610. The first kappa shape index (κ1) is 30.0. The molecule has 1 aliphatic rings. The first-order valence-corrected chi connectivity index (χ1v) is 12.9. The maximum absolute atomic E-state index is 12.8. The van der Waals surface area contributed by atoms with Crippen molar-refractivity contribution in [3.05, 3.63) is 71.8 Å². The zero-order valence-corrected chi connectivity index (χ0v) is 22.7. The Labute approximate surface area is 228 Å². The molecule has 210 valence electrons. The molecule has 0 spiro atoms.